The molecule has 0 fully saturated rings. The number of pyridine rings is 1. The Labute approximate surface area is 74.9 Å². The van der Waals surface area contributed by atoms with Crippen LogP contribution in [0.25, 0.3) is 10.8 Å². The third kappa shape index (κ3) is 0.869. The molecule has 0 amide bonds. The second-order valence-corrected chi connectivity index (χ2v) is 2.90. The molecule has 0 atom stereocenters. The predicted molar refractivity (Wildman–Crippen MR) is 47.9 cm³/mol. The molecule has 0 saturated carbocycles. The number of fused-ring (bicyclic) bond motifs is 3. The van der Waals surface area contributed by atoms with Gasteiger partial charge in [-0.1, -0.05) is 6.07 Å². The summed E-state index contributed by atoms with van der Waals surface area (Å²) < 4.78 is 10.6. The topological polar surface area (TPSA) is 31.4 Å². The van der Waals surface area contributed by atoms with E-state index in [0.717, 1.165) is 22.3 Å². The lowest BCUT2D eigenvalue weighted by Gasteiger charge is -2.00. The molecule has 1 aliphatic rings. The van der Waals surface area contributed by atoms with Crippen LogP contribution in [0.4, 0.5) is 0 Å². The molecule has 0 spiro atoms. The molecule has 0 N–H and O–H groups in total. The number of aromatic nitrogens is 1. The van der Waals surface area contributed by atoms with E-state index in [1.54, 1.807) is 12.4 Å². The van der Waals surface area contributed by atoms with Crippen molar-refractivity contribution in [1.82, 2.24) is 4.98 Å². The van der Waals surface area contributed by atoms with Gasteiger partial charge in [0, 0.05) is 17.8 Å². The fourth-order valence-electron chi connectivity index (χ4n) is 1.53. The van der Waals surface area contributed by atoms with Gasteiger partial charge >= 0.3 is 0 Å². The van der Waals surface area contributed by atoms with Crippen LogP contribution in [0.1, 0.15) is 0 Å². The van der Waals surface area contributed by atoms with Crippen LogP contribution in [0.2, 0.25) is 0 Å². The summed E-state index contributed by atoms with van der Waals surface area (Å²) >= 11 is 0. The number of hydrogen-bond donors (Lipinski definition) is 0. The average molecular weight is 173 g/mol. The highest BCUT2D eigenvalue weighted by molar-refractivity contribution is 5.90. The molecule has 13 heavy (non-hydrogen) atoms. The van der Waals surface area contributed by atoms with E-state index in [0.29, 0.717) is 6.79 Å². The van der Waals surface area contributed by atoms with Crippen molar-refractivity contribution in [2.75, 3.05) is 6.79 Å². The summed E-state index contributed by atoms with van der Waals surface area (Å²) in [5.41, 5.74) is 0. The van der Waals surface area contributed by atoms with Crippen molar-refractivity contribution in [3.8, 4) is 11.5 Å². The molecule has 3 nitrogen and oxygen atoms in total. The second-order valence-electron chi connectivity index (χ2n) is 2.90. The van der Waals surface area contributed by atoms with Crippen LogP contribution >= 0.6 is 0 Å². The van der Waals surface area contributed by atoms with E-state index in [-0.39, 0.29) is 0 Å². The summed E-state index contributed by atoms with van der Waals surface area (Å²) in [6.07, 6.45) is 3.56. The fraction of sp³-hybridized carbons (Fsp3) is 0.100. The molecule has 1 aromatic carbocycles. The van der Waals surface area contributed by atoms with Gasteiger partial charge in [0.15, 0.2) is 11.5 Å². The lowest BCUT2D eigenvalue weighted by Crippen LogP contribution is -1.93. The van der Waals surface area contributed by atoms with E-state index >= 15 is 0 Å². The van der Waals surface area contributed by atoms with Gasteiger partial charge in [0.1, 0.15) is 0 Å². The lowest BCUT2D eigenvalue weighted by molar-refractivity contribution is 0.175. The smallest absolute Gasteiger partial charge is 0.231 e. The van der Waals surface area contributed by atoms with Crippen LogP contribution in [0.5, 0.6) is 11.5 Å². The van der Waals surface area contributed by atoms with Gasteiger partial charge < -0.3 is 9.47 Å². The van der Waals surface area contributed by atoms with E-state index in [4.69, 9.17) is 9.47 Å². The normalized spacial score (nSPS) is 13.5. The van der Waals surface area contributed by atoms with E-state index < -0.39 is 0 Å². The standard InChI is InChI=1S/C10H7NO2/c1-2-9-10(13-6-12-9)8-5-11-4-3-7(1)8/h1-5H,6H2. The van der Waals surface area contributed by atoms with Crippen molar-refractivity contribution in [3.05, 3.63) is 30.6 Å². The van der Waals surface area contributed by atoms with Crippen LogP contribution in [0.15, 0.2) is 30.6 Å². The largest absolute Gasteiger partial charge is 0.454 e. The molecule has 1 aliphatic heterocycles. The molecule has 0 saturated heterocycles. The van der Waals surface area contributed by atoms with Gasteiger partial charge in [-0.15, -0.1) is 0 Å². The predicted octanol–water partition coefficient (Wildman–Crippen LogP) is 1.96. The van der Waals surface area contributed by atoms with Gasteiger partial charge in [-0.3, -0.25) is 4.98 Å². The highest BCUT2D eigenvalue weighted by Gasteiger charge is 2.15. The van der Waals surface area contributed by atoms with Crippen molar-refractivity contribution < 1.29 is 9.47 Å². The molecule has 3 rings (SSSR count). The van der Waals surface area contributed by atoms with Gasteiger partial charge in [0.25, 0.3) is 0 Å². The number of rotatable bonds is 0. The van der Waals surface area contributed by atoms with Crippen molar-refractivity contribution in [2.45, 2.75) is 0 Å². The molecule has 0 aliphatic carbocycles. The van der Waals surface area contributed by atoms with E-state index in [1.807, 2.05) is 18.2 Å². The van der Waals surface area contributed by atoms with Crippen LogP contribution in [0, 0.1) is 0 Å². The molecule has 0 unspecified atom stereocenters. The first kappa shape index (κ1) is 6.71. The maximum absolute atomic E-state index is 5.35. The van der Waals surface area contributed by atoms with Crippen LogP contribution in [0.3, 0.4) is 0 Å². The highest BCUT2D eigenvalue weighted by Crippen LogP contribution is 2.38. The van der Waals surface area contributed by atoms with E-state index in [2.05, 4.69) is 4.98 Å². The molecular formula is C10H7NO2. The number of benzene rings is 1. The quantitative estimate of drug-likeness (QED) is 0.610. The summed E-state index contributed by atoms with van der Waals surface area (Å²) in [6.45, 7) is 0.309. The third-order valence-electron chi connectivity index (χ3n) is 2.16. The van der Waals surface area contributed by atoms with Gasteiger partial charge in [0.05, 0.1) is 0 Å². The van der Waals surface area contributed by atoms with Crippen LogP contribution in [-0.4, -0.2) is 11.8 Å². The van der Waals surface area contributed by atoms with E-state index in [1.165, 1.54) is 0 Å². The first-order chi connectivity index (χ1) is 6.45. The molecule has 2 aromatic rings. The van der Waals surface area contributed by atoms with Gasteiger partial charge in [-0.05, 0) is 17.5 Å². The zero-order valence-electron chi connectivity index (χ0n) is 6.86. The fourth-order valence-corrected chi connectivity index (χ4v) is 1.53. The van der Waals surface area contributed by atoms with Gasteiger partial charge in [-0.25, -0.2) is 0 Å². The minimum atomic E-state index is 0.309. The molecule has 2 heterocycles. The monoisotopic (exact) mass is 173 g/mol. The first-order valence-electron chi connectivity index (χ1n) is 4.07. The minimum absolute atomic E-state index is 0.309. The average Bonchev–Trinajstić information content (AvgIpc) is 2.65. The molecular weight excluding hydrogens is 166 g/mol. The summed E-state index contributed by atoms with van der Waals surface area (Å²) in [6, 6.07) is 5.88. The zero-order chi connectivity index (χ0) is 8.67. The Morgan fingerprint density at radius 2 is 2.15 bits per heavy atom. The Bertz CT molecular complexity index is 467. The maximum Gasteiger partial charge on any atom is 0.231 e. The zero-order valence-corrected chi connectivity index (χ0v) is 6.86. The Balaban J connectivity index is 2.43. The van der Waals surface area contributed by atoms with Crippen molar-refractivity contribution in [1.29, 1.82) is 0 Å². The van der Waals surface area contributed by atoms with E-state index in [9.17, 15) is 0 Å². The number of ether oxygens (including phenoxy) is 2. The SMILES string of the molecule is c1cc2ccc3c(c2cn1)OCO3. The minimum Gasteiger partial charge on any atom is -0.454 e. The molecule has 1 aromatic heterocycles. The van der Waals surface area contributed by atoms with Gasteiger partial charge in [0.2, 0.25) is 6.79 Å². The van der Waals surface area contributed by atoms with Crippen molar-refractivity contribution in [3.63, 3.8) is 0 Å². The Morgan fingerprint density at radius 3 is 3.15 bits per heavy atom. The molecule has 0 radical (unpaired) electrons. The third-order valence-corrected chi connectivity index (χ3v) is 2.16. The second kappa shape index (κ2) is 2.36. The van der Waals surface area contributed by atoms with Crippen molar-refractivity contribution >= 4 is 10.8 Å². The summed E-state index contributed by atoms with van der Waals surface area (Å²) in [5, 5.41) is 2.14. The van der Waals surface area contributed by atoms with Gasteiger partial charge in [-0.2, -0.15) is 0 Å². The summed E-state index contributed by atoms with van der Waals surface area (Å²) in [7, 11) is 0. The van der Waals surface area contributed by atoms with Crippen LogP contribution in [-0.2, 0) is 0 Å². The number of nitrogens with zero attached hydrogens (tertiary/aromatic N) is 1. The number of hydrogen-bond acceptors (Lipinski definition) is 3. The molecule has 0 bridgehead atoms. The lowest BCUT2D eigenvalue weighted by atomic mass is 10.1. The van der Waals surface area contributed by atoms with Crippen molar-refractivity contribution in [2.24, 2.45) is 0 Å². The van der Waals surface area contributed by atoms with Crippen LogP contribution < -0.4 is 9.47 Å². The Morgan fingerprint density at radius 1 is 1.15 bits per heavy atom. The summed E-state index contributed by atoms with van der Waals surface area (Å²) in [4.78, 5) is 4.05. The Kier molecular flexibility index (Phi) is 1.22. The first-order valence-corrected chi connectivity index (χ1v) is 4.07. The highest BCUT2D eigenvalue weighted by atomic mass is 16.7. The Hall–Kier alpha value is -1.77. The molecule has 3 heteroatoms. The summed E-state index contributed by atoms with van der Waals surface area (Å²) in [5.74, 6) is 1.62. The molecule has 64 valence electrons. The maximum atomic E-state index is 5.35.